The Kier molecular flexibility index (Phi) is 5.17. The summed E-state index contributed by atoms with van der Waals surface area (Å²) in [6, 6.07) is 19.5. The molecule has 0 aromatic heterocycles. The highest BCUT2D eigenvalue weighted by Gasteiger charge is 2.27. The third-order valence-corrected chi connectivity index (χ3v) is 4.86. The second-order valence-corrected chi connectivity index (χ2v) is 6.64. The molecule has 1 fully saturated rings. The topological polar surface area (TPSA) is 9.23 Å². The van der Waals surface area contributed by atoms with Gasteiger partial charge >= 0.3 is 0 Å². The summed E-state index contributed by atoms with van der Waals surface area (Å²) in [4.78, 5) is 0. The van der Waals surface area contributed by atoms with Crippen LogP contribution in [0.25, 0.3) is 5.57 Å². The molecule has 0 heterocycles. The van der Waals surface area contributed by atoms with Gasteiger partial charge in [0.05, 0.1) is 6.26 Å². The highest BCUT2D eigenvalue weighted by atomic mass is 16.5. The highest BCUT2D eigenvalue weighted by molar-refractivity contribution is 5.62. The Bertz CT molecular complexity index is 639. The number of rotatable bonds is 4. The molecule has 1 heteroatoms. The lowest BCUT2D eigenvalue weighted by Gasteiger charge is -2.31. The first kappa shape index (κ1) is 15.9. The van der Waals surface area contributed by atoms with E-state index in [0.29, 0.717) is 12.0 Å². The fourth-order valence-electron chi connectivity index (χ4n) is 3.42. The van der Waals surface area contributed by atoms with Crippen molar-refractivity contribution in [2.45, 2.75) is 51.6 Å². The molecular formula is C22H26O. The van der Waals surface area contributed by atoms with Gasteiger partial charge < -0.3 is 4.74 Å². The molecule has 1 nitrogen and oxygen atoms in total. The van der Waals surface area contributed by atoms with Crippen LogP contribution in [0.3, 0.4) is 0 Å². The van der Waals surface area contributed by atoms with Gasteiger partial charge in [-0.15, -0.1) is 0 Å². The molecule has 0 N–H and O–H groups in total. The van der Waals surface area contributed by atoms with Gasteiger partial charge in [-0.2, -0.15) is 0 Å². The zero-order valence-corrected chi connectivity index (χ0v) is 14.2. The van der Waals surface area contributed by atoms with Crippen molar-refractivity contribution in [3.05, 3.63) is 77.5 Å². The van der Waals surface area contributed by atoms with E-state index in [4.69, 9.17) is 4.74 Å². The Balaban J connectivity index is 1.72. The van der Waals surface area contributed by atoms with E-state index in [-0.39, 0.29) is 0 Å². The van der Waals surface area contributed by atoms with Crippen molar-refractivity contribution in [1.29, 1.82) is 0 Å². The second kappa shape index (κ2) is 7.50. The van der Waals surface area contributed by atoms with E-state index >= 15 is 0 Å². The van der Waals surface area contributed by atoms with Crippen molar-refractivity contribution in [3.8, 4) is 0 Å². The molecule has 1 aliphatic rings. The van der Waals surface area contributed by atoms with Gasteiger partial charge in [0.2, 0.25) is 0 Å². The van der Waals surface area contributed by atoms with Gasteiger partial charge in [-0.1, -0.05) is 66.6 Å². The van der Waals surface area contributed by atoms with Gasteiger partial charge in [0.15, 0.2) is 0 Å². The summed E-state index contributed by atoms with van der Waals surface area (Å²) >= 11 is 0. The van der Waals surface area contributed by atoms with Gasteiger partial charge in [0.25, 0.3) is 0 Å². The molecule has 0 bridgehead atoms. The molecule has 3 rings (SSSR count). The number of ether oxygens (including phenoxy) is 1. The number of hydrogen-bond donors (Lipinski definition) is 0. The number of hydrogen-bond acceptors (Lipinski definition) is 1. The number of allylic oxidation sites excluding steroid dienone is 1. The van der Waals surface area contributed by atoms with E-state index in [1.165, 1.54) is 41.5 Å². The Morgan fingerprint density at radius 3 is 2.39 bits per heavy atom. The van der Waals surface area contributed by atoms with Crippen LogP contribution >= 0.6 is 0 Å². The Morgan fingerprint density at radius 1 is 0.957 bits per heavy atom. The van der Waals surface area contributed by atoms with Gasteiger partial charge in [0.1, 0.15) is 6.10 Å². The lowest BCUT2D eigenvalue weighted by Crippen LogP contribution is -2.24. The summed E-state index contributed by atoms with van der Waals surface area (Å²) in [5, 5.41) is 0. The maximum atomic E-state index is 6.23. The van der Waals surface area contributed by atoms with Gasteiger partial charge in [-0.05, 0) is 49.8 Å². The van der Waals surface area contributed by atoms with E-state index in [1.807, 2.05) is 6.26 Å². The molecule has 2 aromatic rings. The molecule has 0 saturated heterocycles. The smallest absolute Gasteiger partial charge is 0.105 e. The maximum absolute atomic E-state index is 6.23. The predicted molar refractivity (Wildman–Crippen MR) is 97.4 cm³/mol. The lowest BCUT2D eigenvalue weighted by atomic mass is 9.81. The summed E-state index contributed by atoms with van der Waals surface area (Å²) in [5.41, 5.74) is 5.14. The third-order valence-electron chi connectivity index (χ3n) is 4.86. The molecule has 2 atom stereocenters. The van der Waals surface area contributed by atoms with E-state index in [9.17, 15) is 0 Å². The Hall–Kier alpha value is -2.02. The molecule has 2 aromatic carbocycles. The van der Waals surface area contributed by atoms with Crippen LogP contribution in [0.4, 0.5) is 0 Å². The van der Waals surface area contributed by atoms with Crippen molar-refractivity contribution < 1.29 is 4.74 Å². The van der Waals surface area contributed by atoms with Crippen molar-refractivity contribution >= 4 is 5.57 Å². The van der Waals surface area contributed by atoms with E-state index < -0.39 is 0 Å². The average molecular weight is 306 g/mol. The second-order valence-electron chi connectivity index (χ2n) is 6.64. The fraction of sp³-hybridized carbons (Fsp3) is 0.364. The molecule has 1 aliphatic carbocycles. The standard InChI is InChI=1S/C22H26O/c1-17-12-14-19(15-13-17)18(2)16-23-22-11-7-6-10-21(22)20-8-4-3-5-9-20/h3-5,8-9,12-16,21-22H,6-7,10-11H2,1-2H3/b18-16+/t21-,22+/m1/s1. The summed E-state index contributed by atoms with van der Waals surface area (Å²) in [5.74, 6) is 0.520. The molecular weight excluding hydrogens is 280 g/mol. The average Bonchev–Trinajstić information content (AvgIpc) is 2.61. The normalized spacial score (nSPS) is 21.9. The quantitative estimate of drug-likeness (QED) is 0.620. The summed E-state index contributed by atoms with van der Waals surface area (Å²) in [6.07, 6.45) is 7.22. The molecule has 120 valence electrons. The molecule has 0 unspecified atom stereocenters. The SMILES string of the molecule is C/C(=C\O[C@H]1CCCC[C@@H]1c1ccccc1)c1ccc(C)cc1. The van der Waals surface area contributed by atoms with Gasteiger partial charge in [0, 0.05) is 5.92 Å². The van der Waals surface area contributed by atoms with Crippen LogP contribution in [-0.4, -0.2) is 6.10 Å². The van der Waals surface area contributed by atoms with Crippen LogP contribution in [-0.2, 0) is 4.74 Å². The minimum Gasteiger partial charge on any atom is -0.497 e. The van der Waals surface area contributed by atoms with Crippen LogP contribution in [0, 0.1) is 6.92 Å². The minimum absolute atomic E-state index is 0.298. The van der Waals surface area contributed by atoms with Gasteiger partial charge in [-0.3, -0.25) is 0 Å². The van der Waals surface area contributed by atoms with Crippen LogP contribution in [0.1, 0.15) is 55.2 Å². The molecule has 0 radical (unpaired) electrons. The van der Waals surface area contributed by atoms with Crippen LogP contribution < -0.4 is 0 Å². The molecule has 1 saturated carbocycles. The molecule has 23 heavy (non-hydrogen) atoms. The minimum atomic E-state index is 0.298. The van der Waals surface area contributed by atoms with Crippen LogP contribution in [0.2, 0.25) is 0 Å². The molecule has 0 spiro atoms. The lowest BCUT2D eigenvalue weighted by molar-refractivity contribution is 0.0855. The van der Waals surface area contributed by atoms with Crippen molar-refractivity contribution in [2.75, 3.05) is 0 Å². The molecule has 0 amide bonds. The molecule has 0 aliphatic heterocycles. The van der Waals surface area contributed by atoms with Crippen LogP contribution in [0.15, 0.2) is 60.9 Å². The zero-order valence-electron chi connectivity index (χ0n) is 14.2. The summed E-state index contributed by atoms with van der Waals surface area (Å²) in [7, 11) is 0. The predicted octanol–water partition coefficient (Wildman–Crippen LogP) is 6.10. The Labute approximate surface area is 140 Å². The number of aryl methyl sites for hydroxylation is 1. The van der Waals surface area contributed by atoms with E-state index in [1.54, 1.807) is 0 Å². The van der Waals surface area contributed by atoms with Crippen molar-refractivity contribution in [2.24, 2.45) is 0 Å². The number of benzene rings is 2. The Morgan fingerprint density at radius 2 is 1.65 bits per heavy atom. The monoisotopic (exact) mass is 306 g/mol. The highest BCUT2D eigenvalue weighted by Crippen LogP contribution is 2.35. The van der Waals surface area contributed by atoms with Crippen molar-refractivity contribution in [1.82, 2.24) is 0 Å². The van der Waals surface area contributed by atoms with Crippen molar-refractivity contribution in [3.63, 3.8) is 0 Å². The first-order valence-electron chi connectivity index (χ1n) is 8.68. The van der Waals surface area contributed by atoms with Gasteiger partial charge in [-0.25, -0.2) is 0 Å². The first-order valence-corrected chi connectivity index (χ1v) is 8.68. The van der Waals surface area contributed by atoms with Crippen LogP contribution in [0.5, 0.6) is 0 Å². The maximum Gasteiger partial charge on any atom is 0.105 e. The van der Waals surface area contributed by atoms with E-state index in [2.05, 4.69) is 68.4 Å². The fourth-order valence-corrected chi connectivity index (χ4v) is 3.42. The third kappa shape index (κ3) is 4.04. The largest absolute Gasteiger partial charge is 0.497 e. The first-order chi connectivity index (χ1) is 11.2. The summed E-state index contributed by atoms with van der Waals surface area (Å²) in [6.45, 7) is 4.25. The van der Waals surface area contributed by atoms with E-state index in [0.717, 1.165) is 6.42 Å². The summed E-state index contributed by atoms with van der Waals surface area (Å²) < 4.78 is 6.23. The zero-order chi connectivity index (χ0) is 16.1.